The monoisotopic (exact) mass is 226 g/mol. The third-order valence-electron chi connectivity index (χ3n) is 2.48. The minimum atomic E-state index is -1.02. The van der Waals surface area contributed by atoms with E-state index >= 15 is 0 Å². The fourth-order valence-corrected chi connectivity index (χ4v) is 1.63. The van der Waals surface area contributed by atoms with Crippen molar-refractivity contribution < 1.29 is 19.4 Å². The first kappa shape index (κ1) is 12.6. The normalized spacial score (nSPS) is 12.4. The fourth-order valence-electron chi connectivity index (χ4n) is 1.63. The Hall–Kier alpha value is -1.42. The van der Waals surface area contributed by atoms with E-state index in [9.17, 15) is 9.18 Å². The van der Waals surface area contributed by atoms with Crippen molar-refractivity contribution in [3.8, 4) is 0 Å². The number of aliphatic hydroxyl groups excluding tert-OH is 1. The van der Waals surface area contributed by atoms with Crippen LogP contribution in [0, 0.1) is 5.82 Å². The summed E-state index contributed by atoms with van der Waals surface area (Å²) in [7, 11) is 0. The average molecular weight is 226 g/mol. The number of carboxylic acids is 1. The lowest BCUT2D eigenvalue weighted by atomic mass is 9.93. The van der Waals surface area contributed by atoms with E-state index in [0.29, 0.717) is 19.3 Å². The highest BCUT2D eigenvalue weighted by Gasteiger charge is 2.21. The molecular formula is C12H15FO3. The molecule has 0 saturated heterocycles. The molecule has 0 bridgehead atoms. The zero-order valence-electron chi connectivity index (χ0n) is 8.90. The van der Waals surface area contributed by atoms with Gasteiger partial charge >= 0.3 is 5.97 Å². The smallest absolute Gasteiger partial charge is 0.311 e. The van der Waals surface area contributed by atoms with Gasteiger partial charge in [0, 0.05) is 12.2 Å². The highest BCUT2D eigenvalue weighted by molar-refractivity contribution is 5.76. The van der Waals surface area contributed by atoms with E-state index < -0.39 is 17.7 Å². The maximum atomic E-state index is 13.4. The lowest BCUT2D eigenvalue weighted by Crippen LogP contribution is -2.13. The number of carboxylic acid groups (broad SMARTS) is 1. The molecule has 0 spiro atoms. The summed E-state index contributed by atoms with van der Waals surface area (Å²) in [5.41, 5.74) is 0.216. The van der Waals surface area contributed by atoms with Gasteiger partial charge in [-0.15, -0.1) is 0 Å². The molecule has 3 nitrogen and oxygen atoms in total. The molecule has 0 aliphatic heterocycles. The molecule has 2 N–H and O–H groups in total. The molecule has 0 saturated carbocycles. The molecule has 4 heteroatoms. The zero-order chi connectivity index (χ0) is 12.0. The third kappa shape index (κ3) is 3.31. The number of hydrogen-bond donors (Lipinski definition) is 2. The first-order valence-corrected chi connectivity index (χ1v) is 5.25. The minimum absolute atomic E-state index is 0.0314. The molecule has 0 fully saturated rings. The minimum Gasteiger partial charge on any atom is -0.481 e. The van der Waals surface area contributed by atoms with Gasteiger partial charge in [0.2, 0.25) is 0 Å². The van der Waals surface area contributed by atoms with Gasteiger partial charge < -0.3 is 10.2 Å². The van der Waals surface area contributed by atoms with Crippen LogP contribution >= 0.6 is 0 Å². The first-order chi connectivity index (χ1) is 7.66. The van der Waals surface area contributed by atoms with Crippen LogP contribution in [0.3, 0.4) is 0 Å². The van der Waals surface area contributed by atoms with Crippen LogP contribution in [0.4, 0.5) is 4.39 Å². The molecule has 0 aromatic heterocycles. The predicted octanol–water partition coefficient (Wildman–Crippen LogP) is 2.16. The SMILES string of the molecule is O=C(O)C(CCCCO)c1ccccc1F. The van der Waals surface area contributed by atoms with Gasteiger partial charge in [-0.3, -0.25) is 4.79 Å². The summed E-state index contributed by atoms with van der Waals surface area (Å²) in [5, 5.41) is 17.6. The van der Waals surface area contributed by atoms with Crippen LogP contribution in [0.1, 0.15) is 30.7 Å². The standard InChI is InChI=1S/C12H15FO3/c13-11-7-2-1-5-9(11)10(12(15)16)6-3-4-8-14/h1-2,5,7,10,14H,3-4,6,8H2,(H,15,16). The molecule has 88 valence electrons. The van der Waals surface area contributed by atoms with Gasteiger partial charge in [-0.05, 0) is 25.3 Å². The van der Waals surface area contributed by atoms with E-state index in [1.807, 2.05) is 0 Å². The molecule has 0 heterocycles. The molecule has 0 radical (unpaired) electrons. The van der Waals surface area contributed by atoms with Gasteiger partial charge in [-0.1, -0.05) is 18.2 Å². The summed E-state index contributed by atoms with van der Waals surface area (Å²) >= 11 is 0. The second-order valence-electron chi connectivity index (χ2n) is 3.63. The Bertz CT molecular complexity index is 352. The zero-order valence-corrected chi connectivity index (χ0v) is 8.90. The Morgan fingerprint density at radius 1 is 1.31 bits per heavy atom. The molecule has 1 aromatic carbocycles. The number of aliphatic carboxylic acids is 1. The van der Waals surface area contributed by atoms with Gasteiger partial charge in [0.25, 0.3) is 0 Å². The van der Waals surface area contributed by atoms with Gasteiger partial charge in [0.1, 0.15) is 5.82 Å². The number of benzene rings is 1. The molecule has 0 aliphatic carbocycles. The molecule has 1 aromatic rings. The number of halogens is 1. The molecule has 0 aliphatic rings. The van der Waals surface area contributed by atoms with Crippen molar-refractivity contribution >= 4 is 5.97 Å². The second-order valence-corrected chi connectivity index (χ2v) is 3.63. The number of carbonyl (C=O) groups is 1. The van der Waals surface area contributed by atoms with Crippen molar-refractivity contribution in [3.63, 3.8) is 0 Å². The summed E-state index contributed by atoms with van der Waals surface area (Å²) in [6.07, 6.45) is 1.46. The summed E-state index contributed by atoms with van der Waals surface area (Å²) in [4.78, 5) is 11.0. The lowest BCUT2D eigenvalue weighted by molar-refractivity contribution is -0.139. The Labute approximate surface area is 93.5 Å². The highest BCUT2D eigenvalue weighted by atomic mass is 19.1. The summed E-state index contributed by atoms with van der Waals surface area (Å²) < 4.78 is 13.4. The quantitative estimate of drug-likeness (QED) is 0.731. The average Bonchev–Trinajstić information content (AvgIpc) is 2.25. The van der Waals surface area contributed by atoms with Crippen LogP contribution in [0.15, 0.2) is 24.3 Å². The van der Waals surface area contributed by atoms with Crippen LogP contribution in [0.2, 0.25) is 0 Å². The Kier molecular flexibility index (Phi) is 4.92. The van der Waals surface area contributed by atoms with Gasteiger partial charge in [-0.25, -0.2) is 4.39 Å². The Morgan fingerprint density at radius 2 is 2.00 bits per heavy atom. The summed E-state index contributed by atoms with van der Waals surface area (Å²) in [5.74, 6) is -2.34. The largest absolute Gasteiger partial charge is 0.481 e. The van der Waals surface area contributed by atoms with Crippen LogP contribution < -0.4 is 0 Å². The lowest BCUT2D eigenvalue weighted by Gasteiger charge is -2.12. The van der Waals surface area contributed by atoms with Gasteiger partial charge in [0.15, 0.2) is 0 Å². The molecule has 16 heavy (non-hydrogen) atoms. The Morgan fingerprint density at radius 3 is 2.56 bits per heavy atom. The number of hydrogen-bond acceptors (Lipinski definition) is 2. The first-order valence-electron chi connectivity index (χ1n) is 5.25. The topological polar surface area (TPSA) is 57.5 Å². The Balaban J connectivity index is 2.78. The number of aliphatic hydroxyl groups is 1. The molecule has 1 rings (SSSR count). The van der Waals surface area contributed by atoms with E-state index in [1.54, 1.807) is 6.07 Å². The van der Waals surface area contributed by atoms with E-state index in [-0.39, 0.29) is 12.2 Å². The van der Waals surface area contributed by atoms with Crippen LogP contribution in [0.5, 0.6) is 0 Å². The van der Waals surface area contributed by atoms with E-state index in [2.05, 4.69) is 0 Å². The van der Waals surface area contributed by atoms with Crippen molar-refractivity contribution in [2.45, 2.75) is 25.2 Å². The van der Waals surface area contributed by atoms with E-state index in [1.165, 1.54) is 18.2 Å². The molecule has 1 unspecified atom stereocenters. The van der Waals surface area contributed by atoms with Crippen molar-refractivity contribution in [1.82, 2.24) is 0 Å². The van der Waals surface area contributed by atoms with E-state index in [4.69, 9.17) is 10.2 Å². The van der Waals surface area contributed by atoms with Crippen LogP contribution in [-0.4, -0.2) is 22.8 Å². The van der Waals surface area contributed by atoms with Crippen molar-refractivity contribution in [2.75, 3.05) is 6.61 Å². The maximum absolute atomic E-state index is 13.4. The van der Waals surface area contributed by atoms with Crippen molar-refractivity contribution in [2.24, 2.45) is 0 Å². The number of rotatable bonds is 6. The van der Waals surface area contributed by atoms with E-state index in [0.717, 1.165) is 0 Å². The molecule has 1 atom stereocenters. The second kappa shape index (κ2) is 6.23. The summed E-state index contributed by atoms with van der Waals surface area (Å²) in [6.45, 7) is 0.0314. The van der Waals surface area contributed by atoms with Crippen LogP contribution in [-0.2, 0) is 4.79 Å². The van der Waals surface area contributed by atoms with Gasteiger partial charge in [0.05, 0.1) is 5.92 Å². The fraction of sp³-hybridized carbons (Fsp3) is 0.417. The predicted molar refractivity (Wildman–Crippen MR) is 57.7 cm³/mol. The molecular weight excluding hydrogens is 211 g/mol. The summed E-state index contributed by atoms with van der Waals surface area (Å²) in [6, 6.07) is 5.91. The van der Waals surface area contributed by atoms with Crippen molar-refractivity contribution in [3.05, 3.63) is 35.6 Å². The van der Waals surface area contributed by atoms with Crippen LogP contribution in [0.25, 0.3) is 0 Å². The molecule has 0 amide bonds. The third-order valence-corrected chi connectivity index (χ3v) is 2.48. The highest BCUT2D eigenvalue weighted by Crippen LogP contribution is 2.24. The maximum Gasteiger partial charge on any atom is 0.311 e. The number of unbranched alkanes of at least 4 members (excludes halogenated alkanes) is 1. The van der Waals surface area contributed by atoms with Gasteiger partial charge in [-0.2, -0.15) is 0 Å². The van der Waals surface area contributed by atoms with Crippen molar-refractivity contribution in [1.29, 1.82) is 0 Å².